The van der Waals surface area contributed by atoms with Gasteiger partial charge in [0.05, 0.1) is 13.2 Å². The molecule has 0 N–H and O–H groups in total. The molecule has 0 bridgehead atoms. The molecule has 0 unspecified atom stereocenters. The summed E-state index contributed by atoms with van der Waals surface area (Å²) in [7, 11) is 0. The minimum Gasteiger partial charge on any atom is -0.301 e. The summed E-state index contributed by atoms with van der Waals surface area (Å²) >= 11 is 1.48. The number of hydrogen-bond donors (Lipinski definition) is 0. The molecule has 0 heterocycles. The van der Waals surface area contributed by atoms with Crippen molar-refractivity contribution in [2.24, 2.45) is 0 Å². The van der Waals surface area contributed by atoms with Crippen molar-refractivity contribution in [1.82, 2.24) is 0 Å². The molecule has 0 saturated heterocycles. The van der Waals surface area contributed by atoms with Gasteiger partial charge in [-0.2, -0.15) is 0 Å². The van der Waals surface area contributed by atoms with E-state index >= 15 is 0 Å². The smallest absolute Gasteiger partial charge is 0.301 e. The van der Waals surface area contributed by atoms with Gasteiger partial charge >= 0.3 is 6.80 Å². The van der Waals surface area contributed by atoms with Crippen LogP contribution in [-0.4, -0.2) is 18.5 Å². The van der Waals surface area contributed by atoms with E-state index in [1.165, 1.54) is 30.6 Å². The predicted octanol–water partition coefficient (Wildman–Crippen LogP) is 5.79. The van der Waals surface area contributed by atoms with E-state index < -0.39 is 6.80 Å². The van der Waals surface area contributed by atoms with Gasteiger partial charge in [-0.25, -0.2) is 4.57 Å². The van der Waals surface area contributed by atoms with Gasteiger partial charge in [0.1, 0.15) is 0 Å². The van der Waals surface area contributed by atoms with Crippen LogP contribution >= 0.6 is 18.2 Å². The standard InChI is InChI=1S/C14H29O3PS/c1-3-5-12-16-18(15,17-13-6-4-2)19-14-10-8-7-9-11-14/h14H,3-13H2,1-2H3. The van der Waals surface area contributed by atoms with Crippen molar-refractivity contribution in [3.05, 3.63) is 0 Å². The Morgan fingerprint density at radius 3 is 2.00 bits per heavy atom. The van der Waals surface area contributed by atoms with Gasteiger partial charge in [-0.15, -0.1) is 0 Å². The van der Waals surface area contributed by atoms with E-state index in [1.54, 1.807) is 0 Å². The van der Waals surface area contributed by atoms with Gasteiger partial charge in [-0.1, -0.05) is 46.0 Å². The normalized spacial score (nSPS) is 17.8. The monoisotopic (exact) mass is 308 g/mol. The van der Waals surface area contributed by atoms with E-state index in [4.69, 9.17) is 9.05 Å². The summed E-state index contributed by atoms with van der Waals surface area (Å²) in [6.07, 6.45) is 10.1. The van der Waals surface area contributed by atoms with E-state index in [0.717, 1.165) is 38.5 Å². The molecule has 0 amide bonds. The first-order chi connectivity index (χ1) is 9.20. The van der Waals surface area contributed by atoms with Gasteiger partial charge in [0.2, 0.25) is 0 Å². The molecule has 1 rings (SSSR count). The SMILES string of the molecule is CCCCOP(=O)(OCCCC)SC1CCCCC1. The Morgan fingerprint density at radius 2 is 1.53 bits per heavy atom. The molecule has 0 aromatic rings. The molecule has 0 aromatic carbocycles. The maximum absolute atomic E-state index is 12.7. The highest BCUT2D eigenvalue weighted by Gasteiger charge is 2.30. The summed E-state index contributed by atoms with van der Waals surface area (Å²) in [5.74, 6) is 0. The lowest BCUT2D eigenvalue weighted by Crippen LogP contribution is -2.09. The molecule has 5 heteroatoms. The molecule has 1 saturated carbocycles. The average Bonchev–Trinajstić information content (AvgIpc) is 2.40. The average molecular weight is 308 g/mol. The van der Waals surface area contributed by atoms with Gasteiger partial charge in [-0.3, -0.25) is 0 Å². The van der Waals surface area contributed by atoms with Crippen LogP contribution in [-0.2, 0) is 13.6 Å². The number of hydrogen-bond acceptors (Lipinski definition) is 4. The zero-order chi connectivity index (χ0) is 14.0. The second-order valence-electron chi connectivity index (χ2n) is 5.19. The van der Waals surface area contributed by atoms with E-state index in [0.29, 0.717) is 18.5 Å². The maximum atomic E-state index is 12.7. The number of rotatable bonds is 10. The Bertz CT molecular complexity index is 253. The minimum absolute atomic E-state index is 0.461. The van der Waals surface area contributed by atoms with Gasteiger partial charge in [0.25, 0.3) is 0 Å². The second-order valence-corrected chi connectivity index (χ2v) is 9.45. The fourth-order valence-corrected chi connectivity index (χ4v) is 6.44. The fraction of sp³-hybridized carbons (Fsp3) is 1.00. The first-order valence-electron chi connectivity index (χ1n) is 7.77. The first kappa shape index (κ1) is 17.6. The van der Waals surface area contributed by atoms with E-state index in [-0.39, 0.29) is 0 Å². The van der Waals surface area contributed by atoms with E-state index in [2.05, 4.69) is 13.8 Å². The maximum Gasteiger partial charge on any atom is 0.389 e. The summed E-state index contributed by atoms with van der Waals surface area (Å²) in [4.78, 5) is 0. The van der Waals surface area contributed by atoms with Crippen molar-refractivity contribution in [2.45, 2.75) is 76.9 Å². The third kappa shape index (κ3) is 7.75. The Labute approximate surface area is 122 Å². The van der Waals surface area contributed by atoms with Crippen molar-refractivity contribution in [1.29, 1.82) is 0 Å². The Morgan fingerprint density at radius 1 is 1.00 bits per heavy atom. The van der Waals surface area contributed by atoms with E-state index in [9.17, 15) is 4.57 Å². The van der Waals surface area contributed by atoms with Crippen molar-refractivity contribution in [2.75, 3.05) is 13.2 Å². The highest BCUT2D eigenvalue weighted by atomic mass is 32.7. The molecule has 3 nitrogen and oxygen atoms in total. The molecule has 114 valence electrons. The lowest BCUT2D eigenvalue weighted by Gasteiger charge is -2.25. The molecule has 0 aromatic heterocycles. The Hall–Kier alpha value is 0.500. The van der Waals surface area contributed by atoms with E-state index in [1.807, 2.05) is 0 Å². The highest BCUT2D eigenvalue weighted by Crippen LogP contribution is 2.64. The molecule has 1 fully saturated rings. The van der Waals surface area contributed by atoms with Crippen LogP contribution in [0.25, 0.3) is 0 Å². The van der Waals surface area contributed by atoms with Gasteiger partial charge in [0.15, 0.2) is 0 Å². The molecular weight excluding hydrogens is 279 g/mol. The molecule has 0 spiro atoms. The molecule has 0 radical (unpaired) electrons. The van der Waals surface area contributed by atoms with Gasteiger partial charge in [-0.05, 0) is 37.1 Å². The summed E-state index contributed by atoms with van der Waals surface area (Å²) in [6, 6.07) is 0. The third-order valence-corrected chi connectivity index (χ3v) is 7.65. The van der Waals surface area contributed by atoms with Gasteiger partial charge < -0.3 is 9.05 Å². The van der Waals surface area contributed by atoms with Crippen LogP contribution < -0.4 is 0 Å². The predicted molar refractivity (Wildman–Crippen MR) is 83.8 cm³/mol. The van der Waals surface area contributed by atoms with Crippen LogP contribution in [0, 0.1) is 0 Å². The second kappa shape index (κ2) is 10.3. The zero-order valence-corrected chi connectivity index (χ0v) is 14.1. The summed E-state index contributed by atoms with van der Waals surface area (Å²) < 4.78 is 24.0. The molecule has 0 aliphatic heterocycles. The largest absolute Gasteiger partial charge is 0.389 e. The molecule has 1 aliphatic carbocycles. The van der Waals surface area contributed by atoms with Crippen LogP contribution in [0.15, 0.2) is 0 Å². The van der Waals surface area contributed by atoms with Crippen LogP contribution in [0.5, 0.6) is 0 Å². The van der Waals surface area contributed by atoms with Crippen LogP contribution in [0.4, 0.5) is 0 Å². The Kier molecular flexibility index (Phi) is 9.48. The molecule has 19 heavy (non-hydrogen) atoms. The summed E-state index contributed by atoms with van der Waals surface area (Å²) in [5.41, 5.74) is 0. The van der Waals surface area contributed by atoms with Crippen LogP contribution in [0.1, 0.15) is 71.6 Å². The van der Waals surface area contributed by atoms with Gasteiger partial charge in [0, 0.05) is 5.25 Å². The lowest BCUT2D eigenvalue weighted by atomic mass is 10.0. The third-order valence-electron chi connectivity index (χ3n) is 3.32. The highest BCUT2D eigenvalue weighted by molar-refractivity contribution is 8.55. The topological polar surface area (TPSA) is 35.5 Å². The van der Waals surface area contributed by atoms with Crippen molar-refractivity contribution >= 4 is 18.2 Å². The fourth-order valence-electron chi connectivity index (χ4n) is 2.09. The quantitative estimate of drug-likeness (QED) is 0.378. The summed E-state index contributed by atoms with van der Waals surface area (Å²) in [5, 5.41) is 0.461. The van der Waals surface area contributed by atoms with Crippen molar-refractivity contribution in [3.63, 3.8) is 0 Å². The van der Waals surface area contributed by atoms with Crippen molar-refractivity contribution in [3.8, 4) is 0 Å². The first-order valence-corrected chi connectivity index (χ1v) is 10.8. The zero-order valence-electron chi connectivity index (χ0n) is 12.4. The number of unbranched alkanes of at least 4 members (excludes halogenated alkanes) is 2. The van der Waals surface area contributed by atoms with Crippen molar-refractivity contribution < 1.29 is 13.6 Å². The Balaban J connectivity index is 2.43. The van der Waals surface area contributed by atoms with Crippen LogP contribution in [0.2, 0.25) is 0 Å². The van der Waals surface area contributed by atoms with Crippen LogP contribution in [0.3, 0.4) is 0 Å². The molecule has 1 aliphatic rings. The molecule has 0 atom stereocenters. The lowest BCUT2D eigenvalue weighted by molar-refractivity contribution is 0.215. The minimum atomic E-state index is -2.93. The summed E-state index contributed by atoms with van der Waals surface area (Å²) in [6.45, 7) is 2.40. The molecular formula is C14H29O3PS.